The number of nitrogens with zero attached hydrogens (tertiary/aromatic N) is 1. The predicted octanol–water partition coefficient (Wildman–Crippen LogP) is 3.67. The summed E-state index contributed by atoms with van der Waals surface area (Å²) in [5.74, 6) is -2.97. The van der Waals surface area contributed by atoms with Crippen molar-refractivity contribution in [3.05, 3.63) is 59.4 Å². The number of fused-ring (bicyclic) bond motifs is 1. The van der Waals surface area contributed by atoms with Crippen molar-refractivity contribution in [3.8, 4) is 11.1 Å². The van der Waals surface area contributed by atoms with Crippen LogP contribution in [0.25, 0.3) is 11.1 Å². The fraction of sp³-hybridized carbons (Fsp3) is 0.435. The van der Waals surface area contributed by atoms with Gasteiger partial charge >= 0.3 is 6.03 Å². The van der Waals surface area contributed by atoms with E-state index in [0.717, 1.165) is 12.1 Å². The molecular formula is C23H24F5N3O3S. The van der Waals surface area contributed by atoms with E-state index in [1.807, 2.05) is 0 Å². The molecule has 1 aliphatic heterocycles. The van der Waals surface area contributed by atoms with E-state index in [4.69, 9.17) is 0 Å². The number of carbonyl (C=O) groups is 1. The van der Waals surface area contributed by atoms with Crippen LogP contribution in [0.15, 0.2) is 36.4 Å². The molecule has 12 heteroatoms. The van der Waals surface area contributed by atoms with E-state index in [0.29, 0.717) is 12.5 Å². The van der Waals surface area contributed by atoms with Crippen molar-refractivity contribution in [1.82, 2.24) is 14.9 Å². The Morgan fingerprint density at radius 3 is 2.46 bits per heavy atom. The number of benzene rings is 2. The van der Waals surface area contributed by atoms with Crippen molar-refractivity contribution in [1.29, 1.82) is 0 Å². The molecule has 4 atom stereocenters. The lowest BCUT2D eigenvalue weighted by Crippen LogP contribution is -2.54. The fourth-order valence-electron chi connectivity index (χ4n) is 4.74. The third-order valence-electron chi connectivity index (χ3n) is 6.41. The van der Waals surface area contributed by atoms with Gasteiger partial charge in [0.05, 0.1) is 18.3 Å². The van der Waals surface area contributed by atoms with Gasteiger partial charge in [0.1, 0.15) is 17.5 Å². The van der Waals surface area contributed by atoms with Gasteiger partial charge in [0.15, 0.2) is 0 Å². The Balaban J connectivity index is 1.67. The Morgan fingerprint density at radius 2 is 1.83 bits per heavy atom. The van der Waals surface area contributed by atoms with E-state index >= 15 is 4.39 Å². The van der Waals surface area contributed by atoms with E-state index in [2.05, 4.69) is 10.0 Å². The summed E-state index contributed by atoms with van der Waals surface area (Å²) in [7, 11) is -3.69. The van der Waals surface area contributed by atoms with Gasteiger partial charge in [0, 0.05) is 23.7 Å². The molecule has 0 aromatic heterocycles. The number of amides is 2. The van der Waals surface area contributed by atoms with Crippen molar-refractivity contribution in [2.24, 2.45) is 5.92 Å². The highest BCUT2D eigenvalue weighted by molar-refractivity contribution is 7.89. The number of sulfonamides is 1. The van der Waals surface area contributed by atoms with Gasteiger partial charge in [-0.05, 0) is 48.9 Å². The molecule has 4 rings (SSSR count). The first-order valence-corrected chi connectivity index (χ1v) is 12.7. The van der Waals surface area contributed by atoms with Gasteiger partial charge in [-0.15, -0.1) is 0 Å². The average Bonchev–Trinajstić information content (AvgIpc) is 3.50. The van der Waals surface area contributed by atoms with Crippen LogP contribution in [0.5, 0.6) is 0 Å². The van der Waals surface area contributed by atoms with Gasteiger partial charge in [0.2, 0.25) is 10.0 Å². The lowest BCUT2D eigenvalue weighted by Gasteiger charge is -2.32. The second kappa shape index (κ2) is 9.73. The van der Waals surface area contributed by atoms with Crippen LogP contribution in [-0.2, 0) is 16.4 Å². The highest BCUT2D eigenvalue weighted by Gasteiger charge is 2.61. The number of urea groups is 1. The van der Waals surface area contributed by atoms with Crippen molar-refractivity contribution in [2.75, 3.05) is 12.3 Å². The van der Waals surface area contributed by atoms with Gasteiger partial charge in [-0.1, -0.05) is 18.2 Å². The van der Waals surface area contributed by atoms with E-state index in [1.54, 1.807) is 0 Å². The molecule has 2 aliphatic rings. The molecule has 2 aromatic rings. The predicted molar refractivity (Wildman–Crippen MR) is 119 cm³/mol. The summed E-state index contributed by atoms with van der Waals surface area (Å²) < 4.78 is 95.4. The molecule has 35 heavy (non-hydrogen) atoms. The Hall–Kier alpha value is -2.73. The molecule has 0 unspecified atom stereocenters. The van der Waals surface area contributed by atoms with Crippen LogP contribution in [0.1, 0.15) is 18.9 Å². The second-order valence-electron chi connectivity index (χ2n) is 8.71. The maximum Gasteiger partial charge on any atom is 0.318 e. The van der Waals surface area contributed by atoms with E-state index in [9.17, 15) is 30.8 Å². The van der Waals surface area contributed by atoms with Crippen LogP contribution in [0.2, 0.25) is 0 Å². The van der Waals surface area contributed by atoms with Crippen molar-refractivity contribution < 1.29 is 35.2 Å². The molecule has 2 amide bonds. The molecule has 190 valence electrons. The molecule has 1 aliphatic carbocycles. The number of halogens is 5. The van der Waals surface area contributed by atoms with Crippen LogP contribution >= 0.6 is 0 Å². The number of likely N-dealkylation sites (tertiary alicyclic amines) is 1. The smallest absolute Gasteiger partial charge is 0.318 e. The maximum atomic E-state index is 15.5. The van der Waals surface area contributed by atoms with Crippen LogP contribution in [0.4, 0.5) is 26.7 Å². The number of hydrogen-bond acceptors (Lipinski definition) is 3. The summed E-state index contributed by atoms with van der Waals surface area (Å²) in [5.41, 5.74) is 0.000148. The summed E-state index contributed by atoms with van der Waals surface area (Å²) in [6, 6.07) is 4.15. The zero-order valence-electron chi connectivity index (χ0n) is 18.6. The highest BCUT2D eigenvalue weighted by atomic mass is 32.2. The quantitative estimate of drug-likeness (QED) is 0.525. The molecule has 1 saturated carbocycles. The topological polar surface area (TPSA) is 78.5 Å². The molecule has 1 saturated heterocycles. The third kappa shape index (κ3) is 5.43. The van der Waals surface area contributed by atoms with Crippen molar-refractivity contribution in [2.45, 2.75) is 44.3 Å². The van der Waals surface area contributed by atoms with E-state index < -0.39 is 58.6 Å². The molecule has 2 aromatic carbocycles. The number of alkyl halides is 2. The number of piperidine rings is 1. The zero-order chi connectivity index (χ0) is 25.5. The Kier molecular flexibility index (Phi) is 7.05. The second-order valence-corrected chi connectivity index (χ2v) is 10.7. The SMILES string of the molecule is CCS(=O)(=O)N[C@@H]1[C@H]2C[C@H]2N(C(=O)NCC(F)F)[C@@H]1Cc1cccc(-c2cc(F)cc(F)c2)c1F. The number of rotatable bonds is 8. The van der Waals surface area contributed by atoms with Gasteiger partial charge in [-0.2, -0.15) is 0 Å². The Morgan fingerprint density at radius 1 is 1.14 bits per heavy atom. The van der Waals surface area contributed by atoms with Gasteiger partial charge in [-0.3, -0.25) is 0 Å². The summed E-state index contributed by atoms with van der Waals surface area (Å²) in [5, 5.41) is 2.14. The zero-order valence-corrected chi connectivity index (χ0v) is 19.5. The van der Waals surface area contributed by atoms with Gasteiger partial charge in [-0.25, -0.2) is 39.9 Å². The van der Waals surface area contributed by atoms with E-state index in [-0.39, 0.29) is 40.8 Å². The number of hydrogen-bond donors (Lipinski definition) is 2. The lowest BCUT2D eigenvalue weighted by atomic mass is 9.94. The minimum Gasteiger partial charge on any atom is -0.332 e. The fourth-order valence-corrected chi connectivity index (χ4v) is 5.66. The normalized spacial score (nSPS) is 23.5. The lowest BCUT2D eigenvalue weighted by molar-refractivity contribution is 0.134. The number of nitrogens with one attached hydrogen (secondary N) is 2. The van der Waals surface area contributed by atoms with Crippen LogP contribution < -0.4 is 10.0 Å². The largest absolute Gasteiger partial charge is 0.332 e. The standard InChI is InChI=1S/C23H24F5N3O3S/c1-2-35(33,34)30-22-17-10-18(17)31(23(32)29-11-20(26)27)19(22)8-12-4-3-5-16(21(12)28)13-6-14(24)9-15(25)7-13/h3-7,9,17-20,22,30H,2,8,10-11H2,1H3,(H,29,32)/t17-,18+,19+,22+/m0/s1. The average molecular weight is 518 g/mol. The molecule has 0 radical (unpaired) electrons. The van der Waals surface area contributed by atoms with Crippen LogP contribution in [-0.4, -0.2) is 56.2 Å². The van der Waals surface area contributed by atoms with Crippen molar-refractivity contribution in [3.63, 3.8) is 0 Å². The molecule has 2 fully saturated rings. The maximum absolute atomic E-state index is 15.5. The first kappa shape index (κ1) is 25.4. The Labute approximate surface area is 199 Å². The molecular weight excluding hydrogens is 493 g/mol. The van der Waals surface area contributed by atoms with Crippen LogP contribution in [0, 0.1) is 23.4 Å². The minimum absolute atomic E-state index is 0.0223. The third-order valence-corrected chi connectivity index (χ3v) is 7.81. The molecule has 0 bridgehead atoms. The minimum atomic E-state index is -3.69. The monoisotopic (exact) mass is 517 g/mol. The van der Waals surface area contributed by atoms with Gasteiger partial charge < -0.3 is 10.2 Å². The van der Waals surface area contributed by atoms with Crippen molar-refractivity contribution >= 4 is 16.1 Å². The summed E-state index contributed by atoms with van der Waals surface area (Å²) in [6.07, 6.45) is -2.42. The summed E-state index contributed by atoms with van der Waals surface area (Å²) in [6.45, 7) is 0.574. The molecule has 0 spiro atoms. The molecule has 6 nitrogen and oxygen atoms in total. The Bertz CT molecular complexity index is 1210. The van der Waals surface area contributed by atoms with E-state index in [1.165, 1.54) is 30.0 Å². The first-order valence-electron chi connectivity index (χ1n) is 11.1. The summed E-state index contributed by atoms with van der Waals surface area (Å²) in [4.78, 5) is 14.1. The summed E-state index contributed by atoms with van der Waals surface area (Å²) >= 11 is 0. The molecule has 2 N–H and O–H groups in total. The van der Waals surface area contributed by atoms with Gasteiger partial charge in [0.25, 0.3) is 6.43 Å². The number of carbonyl (C=O) groups excluding carboxylic acids is 1. The molecule has 1 heterocycles. The first-order chi connectivity index (χ1) is 16.5. The van der Waals surface area contributed by atoms with Crippen LogP contribution in [0.3, 0.4) is 0 Å². The highest BCUT2D eigenvalue weighted by Crippen LogP contribution is 2.49.